The standard InChI is InChI=1S/C26H30ClN5O2/c27-22-6-8-25(29-14-22)32-10-2-4-23(32)18-31-11-12-34-24-7-5-19(13-21(24)17-31)15-30-9-1-3-20(16-30)26(28)33/h2,4-8,10,13-14,20H,1,3,9,11-12,15-18H2,(H2,28,33). The number of benzene rings is 1. The molecular weight excluding hydrogens is 450 g/mol. The molecule has 178 valence electrons. The van der Waals surface area contributed by atoms with Crippen LogP contribution in [-0.4, -0.2) is 51.5 Å². The summed E-state index contributed by atoms with van der Waals surface area (Å²) in [4.78, 5) is 20.8. The molecule has 1 saturated heterocycles. The van der Waals surface area contributed by atoms with Crippen LogP contribution in [0.3, 0.4) is 0 Å². The van der Waals surface area contributed by atoms with E-state index in [2.05, 4.69) is 43.6 Å². The van der Waals surface area contributed by atoms with E-state index in [-0.39, 0.29) is 11.8 Å². The lowest BCUT2D eigenvalue weighted by atomic mass is 9.97. The summed E-state index contributed by atoms with van der Waals surface area (Å²) >= 11 is 6.01. The number of fused-ring (bicyclic) bond motifs is 1. The zero-order valence-corrected chi connectivity index (χ0v) is 20.0. The molecule has 0 aliphatic carbocycles. The fourth-order valence-electron chi connectivity index (χ4n) is 4.93. The third-order valence-corrected chi connectivity index (χ3v) is 6.90. The molecule has 5 rings (SSSR count). The highest BCUT2D eigenvalue weighted by Gasteiger charge is 2.24. The van der Waals surface area contributed by atoms with Crippen molar-refractivity contribution in [2.24, 2.45) is 11.7 Å². The number of nitrogens with zero attached hydrogens (tertiary/aromatic N) is 4. The Morgan fingerprint density at radius 1 is 1.15 bits per heavy atom. The SMILES string of the molecule is NC(=O)C1CCCN(Cc2ccc3c(c2)CN(Cc2cccn2-c2ccc(Cl)cn2)CCO3)C1. The Hall–Kier alpha value is -2.87. The van der Waals surface area contributed by atoms with Crippen molar-refractivity contribution in [2.45, 2.75) is 32.5 Å². The van der Waals surface area contributed by atoms with Crippen molar-refractivity contribution in [1.29, 1.82) is 0 Å². The van der Waals surface area contributed by atoms with Gasteiger partial charge in [0.1, 0.15) is 18.2 Å². The van der Waals surface area contributed by atoms with Crippen molar-refractivity contribution in [2.75, 3.05) is 26.2 Å². The van der Waals surface area contributed by atoms with Gasteiger partial charge >= 0.3 is 0 Å². The fraction of sp³-hybridized carbons (Fsp3) is 0.385. The molecule has 2 aliphatic heterocycles. The molecule has 4 heterocycles. The second-order valence-electron chi connectivity index (χ2n) is 9.18. The second kappa shape index (κ2) is 10.2. The van der Waals surface area contributed by atoms with Crippen LogP contribution in [0.2, 0.25) is 5.02 Å². The van der Waals surface area contributed by atoms with Crippen LogP contribution < -0.4 is 10.5 Å². The Balaban J connectivity index is 1.29. The average molecular weight is 480 g/mol. The summed E-state index contributed by atoms with van der Waals surface area (Å²) in [5, 5.41) is 0.629. The van der Waals surface area contributed by atoms with Crippen molar-refractivity contribution in [3.63, 3.8) is 0 Å². The zero-order valence-electron chi connectivity index (χ0n) is 19.2. The van der Waals surface area contributed by atoms with E-state index in [1.54, 1.807) is 6.20 Å². The number of ether oxygens (including phenoxy) is 1. The molecule has 1 fully saturated rings. The molecule has 1 unspecified atom stereocenters. The smallest absolute Gasteiger partial charge is 0.221 e. The van der Waals surface area contributed by atoms with Crippen LogP contribution in [0.25, 0.3) is 5.82 Å². The molecule has 0 saturated carbocycles. The number of hydrogen-bond acceptors (Lipinski definition) is 5. The van der Waals surface area contributed by atoms with Crippen molar-refractivity contribution < 1.29 is 9.53 Å². The van der Waals surface area contributed by atoms with Crippen LogP contribution in [-0.2, 0) is 24.4 Å². The molecular formula is C26H30ClN5O2. The third kappa shape index (κ3) is 5.27. The lowest BCUT2D eigenvalue weighted by Crippen LogP contribution is -2.40. The first-order valence-corrected chi connectivity index (χ1v) is 12.2. The Bertz CT molecular complexity index is 1150. The maximum absolute atomic E-state index is 11.6. The van der Waals surface area contributed by atoms with Gasteiger partial charge in [-0.3, -0.25) is 14.6 Å². The maximum Gasteiger partial charge on any atom is 0.221 e. The number of aromatic nitrogens is 2. The van der Waals surface area contributed by atoms with Gasteiger partial charge in [-0.1, -0.05) is 17.7 Å². The molecule has 8 heteroatoms. The molecule has 1 aromatic carbocycles. The summed E-state index contributed by atoms with van der Waals surface area (Å²) in [6.07, 6.45) is 5.61. The molecule has 1 amide bonds. The normalized spacial score (nSPS) is 19.3. The van der Waals surface area contributed by atoms with Gasteiger partial charge in [-0.15, -0.1) is 0 Å². The number of piperidine rings is 1. The van der Waals surface area contributed by atoms with Gasteiger partial charge in [0.15, 0.2) is 0 Å². The maximum atomic E-state index is 11.6. The first-order chi connectivity index (χ1) is 16.5. The molecule has 2 aliphatic rings. The summed E-state index contributed by atoms with van der Waals surface area (Å²) in [6.45, 7) is 5.66. The van der Waals surface area contributed by atoms with Gasteiger partial charge in [-0.05, 0) is 61.3 Å². The number of carbonyl (C=O) groups excluding carboxylic acids is 1. The highest BCUT2D eigenvalue weighted by atomic mass is 35.5. The summed E-state index contributed by atoms with van der Waals surface area (Å²) in [6, 6.07) is 14.4. The topological polar surface area (TPSA) is 76.6 Å². The minimum absolute atomic E-state index is 0.0419. The molecule has 2 aromatic heterocycles. The summed E-state index contributed by atoms with van der Waals surface area (Å²) in [7, 11) is 0. The predicted octanol–water partition coefficient (Wildman–Crippen LogP) is 3.62. The van der Waals surface area contributed by atoms with E-state index in [0.29, 0.717) is 11.6 Å². The van der Waals surface area contributed by atoms with E-state index >= 15 is 0 Å². The summed E-state index contributed by atoms with van der Waals surface area (Å²) < 4.78 is 8.17. The molecule has 34 heavy (non-hydrogen) atoms. The first kappa shape index (κ1) is 22.9. The quantitative estimate of drug-likeness (QED) is 0.584. The largest absolute Gasteiger partial charge is 0.492 e. The van der Waals surface area contributed by atoms with Gasteiger partial charge in [0.2, 0.25) is 5.91 Å². The van der Waals surface area contributed by atoms with E-state index < -0.39 is 0 Å². The van der Waals surface area contributed by atoms with E-state index in [4.69, 9.17) is 22.1 Å². The van der Waals surface area contributed by atoms with Gasteiger partial charge in [-0.25, -0.2) is 4.98 Å². The number of carbonyl (C=O) groups is 1. The number of likely N-dealkylation sites (tertiary alicyclic amines) is 1. The zero-order chi connectivity index (χ0) is 23.5. The van der Waals surface area contributed by atoms with Gasteiger partial charge in [0.05, 0.1) is 10.9 Å². The lowest BCUT2D eigenvalue weighted by Gasteiger charge is -2.31. The number of nitrogens with two attached hydrogens (primary N) is 1. The molecule has 2 N–H and O–H groups in total. The number of rotatable bonds is 6. The van der Waals surface area contributed by atoms with Crippen LogP contribution in [0.4, 0.5) is 0 Å². The molecule has 0 spiro atoms. The van der Waals surface area contributed by atoms with E-state index in [1.165, 1.54) is 16.8 Å². The molecule has 7 nitrogen and oxygen atoms in total. The van der Waals surface area contributed by atoms with Crippen LogP contribution in [0.5, 0.6) is 5.75 Å². The fourth-order valence-corrected chi connectivity index (χ4v) is 5.04. The van der Waals surface area contributed by atoms with Gasteiger partial charge < -0.3 is 15.0 Å². The Morgan fingerprint density at radius 2 is 2.06 bits per heavy atom. The van der Waals surface area contributed by atoms with Crippen LogP contribution in [0, 0.1) is 5.92 Å². The van der Waals surface area contributed by atoms with Gasteiger partial charge in [0.25, 0.3) is 0 Å². The van der Waals surface area contributed by atoms with Crippen molar-refractivity contribution in [1.82, 2.24) is 19.4 Å². The number of halogens is 1. The first-order valence-electron chi connectivity index (χ1n) is 11.8. The lowest BCUT2D eigenvalue weighted by molar-refractivity contribution is -0.123. The van der Waals surface area contributed by atoms with Crippen molar-refractivity contribution in [3.05, 3.63) is 76.7 Å². The minimum Gasteiger partial charge on any atom is -0.492 e. The molecule has 0 bridgehead atoms. The molecule has 1 atom stereocenters. The minimum atomic E-state index is -0.186. The third-order valence-electron chi connectivity index (χ3n) is 6.68. The average Bonchev–Trinajstić information content (AvgIpc) is 3.19. The monoisotopic (exact) mass is 479 g/mol. The van der Waals surface area contributed by atoms with Gasteiger partial charge in [-0.2, -0.15) is 0 Å². The van der Waals surface area contributed by atoms with E-state index in [9.17, 15) is 4.79 Å². The Kier molecular flexibility index (Phi) is 6.85. The Morgan fingerprint density at radius 3 is 2.88 bits per heavy atom. The molecule has 0 radical (unpaired) electrons. The van der Waals surface area contributed by atoms with Crippen LogP contribution >= 0.6 is 11.6 Å². The van der Waals surface area contributed by atoms with Gasteiger partial charge in [0, 0.05) is 56.4 Å². The number of amides is 1. The van der Waals surface area contributed by atoms with Crippen molar-refractivity contribution >= 4 is 17.5 Å². The number of hydrogen-bond donors (Lipinski definition) is 1. The number of primary amides is 1. The summed E-state index contributed by atoms with van der Waals surface area (Å²) in [5.74, 6) is 1.58. The number of pyridine rings is 1. The van der Waals surface area contributed by atoms with Crippen LogP contribution in [0.1, 0.15) is 29.7 Å². The molecule has 3 aromatic rings. The van der Waals surface area contributed by atoms with Crippen LogP contribution in [0.15, 0.2) is 54.9 Å². The van der Waals surface area contributed by atoms with E-state index in [1.807, 2.05) is 24.4 Å². The highest BCUT2D eigenvalue weighted by molar-refractivity contribution is 6.30. The van der Waals surface area contributed by atoms with Crippen molar-refractivity contribution in [3.8, 4) is 11.6 Å². The predicted molar refractivity (Wildman–Crippen MR) is 132 cm³/mol. The van der Waals surface area contributed by atoms with E-state index in [0.717, 1.165) is 63.7 Å². The second-order valence-corrected chi connectivity index (χ2v) is 9.62. The Labute approximate surface area is 205 Å². The summed E-state index contributed by atoms with van der Waals surface area (Å²) in [5.41, 5.74) is 9.16. The highest BCUT2D eigenvalue weighted by Crippen LogP contribution is 2.27.